The van der Waals surface area contributed by atoms with Crippen LogP contribution in [0.25, 0.3) is 0 Å². The van der Waals surface area contributed by atoms with Crippen LogP contribution in [0.3, 0.4) is 0 Å². The summed E-state index contributed by atoms with van der Waals surface area (Å²) in [5.41, 5.74) is 2.61. The van der Waals surface area contributed by atoms with Gasteiger partial charge < -0.3 is 5.32 Å². The molecule has 0 aliphatic heterocycles. The van der Waals surface area contributed by atoms with Gasteiger partial charge in [-0.2, -0.15) is 0 Å². The third-order valence-electron chi connectivity index (χ3n) is 3.25. The summed E-state index contributed by atoms with van der Waals surface area (Å²) in [7, 11) is -3.21. The molecule has 1 aliphatic rings. The average Bonchev–Trinajstić information content (AvgIpc) is 3.03. The third kappa shape index (κ3) is 3.63. The number of benzene rings is 1. The highest BCUT2D eigenvalue weighted by molar-refractivity contribution is 7.92. The zero-order valence-electron chi connectivity index (χ0n) is 11.0. The van der Waals surface area contributed by atoms with Crippen molar-refractivity contribution in [2.45, 2.75) is 32.7 Å². The van der Waals surface area contributed by atoms with E-state index in [9.17, 15) is 8.42 Å². The van der Waals surface area contributed by atoms with Gasteiger partial charge in [0.2, 0.25) is 10.0 Å². The molecule has 1 atom stereocenters. The summed E-state index contributed by atoms with van der Waals surface area (Å²) in [6.07, 6.45) is 3.77. The van der Waals surface area contributed by atoms with Gasteiger partial charge in [0.15, 0.2) is 0 Å². The molecule has 18 heavy (non-hydrogen) atoms. The minimum Gasteiger partial charge on any atom is -0.382 e. The van der Waals surface area contributed by atoms with Gasteiger partial charge in [-0.3, -0.25) is 4.72 Å². The molecule has 100 valence electrons. The van der Waals surface area contributed by atoms with Gasteiger partial charge in [0.1, 0.15) is 0 Å². The Morgan fingerprint density at radius 1 is 1.33 bits per heavy atom. The van der Waals surface area contributed by atoms with Crippen LogP contribution in [-0.2, 0) is 10.0 Å². The minimum absolute atomic E-state index is 0.484. The summed E-state index contributed by atoms with van der Waals surface area (Å²) >= 11 is 0. The zero-order chi connectivity index (χ0) is 13.3. The van der Waals surface area contributed by atoms with E-state index in [1.165, 1.54) is 12.8 Å². The normalized spacial score (nSPS) is 17.3. The van der Waals surface area contributed by atoms with Gasteiger partial charge in [0.25, 0.3) is 0 Å². The molecular formula is C13H20N2O2S. The summed E-state index contributed by atoms with van der Waals surface area (Å²) in [6.45, 7) is 4.09. The van der Waals surface area contributed by atoms with Crippen molar-refractivity contribution in [2.24, 2.45) is 5.92 Å². The molecule has 0 spiro atoms. The van der Waals surface area contributed by atoms with Crippen LogP contribution in [0.5, 0.6) is 0 Å². The molecule has 4 nitrogen and oxygen atoms in total. The molecular weight excluding hydrogens is 248 g/mol. The van der Waals surface area contributed by atoms with Crippen LogP contribution in [0.1, 0.15) is 25.3 Å². The van der Waals surface area contributed by atoms with Crippen LogP contribution in [0, 0.1) is 12.8 Å². The Balaban J connectivity index is 2.09. The lowest BCUT2D eigenvalue weighted by Gasteiger charge is -2.16. The van der Waals surface area contributed by atoms with Crippen molar-refractivity contribution in [3.63, 3.8) is 0 Å². The first-order valence-corrected chi connectivity index (χ1v) is 8.09. The summed E-state index contributed by atoms with van der Waals surface area (Å²) in [4.78, 5) is 0. The Labute approximate surface area is 109 Å². The van der Waals surface area contributed by atoms with Crippen molar-refractivity contribution in [3.8, 4) is 0 Å². The molecule has 1 fully saturated rings. The third-order valence-corrected chi connectivity index (χ3v) is 3.84. The van der Waals surface area contributed by atoms with E-state index in [0.717, 1.165) is 23.4 Å². The van der Waals surface area contributed by atoms with E-state index in [1.807, 2.05) is 19.1 Å². The Morgan fingerprint density at radius 2 is 2.00 bits per heavy atom. The first-order chi connectivity index (χ1) is 8.35. The lowest BCUT2D eigenvalue weighted by Crippen LogP contribution is -2.17. The molecule has 1 saturated carbocycles. The molecule has 0 bridgehead atoms. The molecule has 1 aromatic carbocycles. The van der Waals surface area contributed by atoms with Crippen molar-refractivity contribution >= 4 is 21.4 Å². The largest absolute Gasteiger partial charge is 0.382 e. The van der Waals surface area contributed by atoms with Crippen molar-refractivity contribution in [1.29, 1.82) is 0 Å². The van der Waals surface area contributed by atoms with Gasteiger partial charge in [0, 0.05) is 11.7 Å². The molecule has 1 aliphatic carbocycles. The van der Waals surface area contributed by atoms with E-state index in [4.69, 9.17) is 0 Å². The van der Waals surface area contributed by atoms with Gasteiger partial charge in [-0.25, -0.2) is 8.42 Å². The van der Waals surface area contributed by atoms with Crippen LogP contribution in [0.4, 0.5) is 11.4 Å². The predicted octanol–water partition coefficient (Wildman–Crippen LogP) is 2.58. The van der Waals surface area contributed by atoms with Crippen molar-refractivity contribution in [2.75, 3.05) is 16.3 Å². The predicted molar refractivity (Wildman–Crippen MR) is 75.5 cm³/mol. The number of aryl methyl sites for hydroxylation is 1. The zero-order valence-corrected chi connectivity index (χ0v) is 11.8. The monoisotopic (exact) mass is 268 g/mol. The topological polar surface area (TPSA) is 58.2 Å². The molecule has 1 aromatic rings. The van der Waals surface area contributed by atoms with Gasteiger partial charge in [0.05, 0.1) is 11.9 Å². The Hall–Kier alpha value is -1.23. The second-order valence-electron chi connectivity index (χ2n) is 5.17. The minimum atomic E-state index is -3.21. The Bertz CT molecular complexity index is 536. The van der Waals surface area contributed by atoms with E-state index in [-0.39, 0.29) is 0 Å². The quantitative estimate of drug-likeness (QED) is 0.863. The van der Waals surface area contributed by atoms with Crippen molar-refractivity contribution < 1.29 is 8.42 Å². The van der Waals surface area contributed by atoms with Crippen LogP contribution in [0.15, 0.2) is 18.2 Å². The molecule has 0 heterocycles. The molecule has 0 radical (unpaired) electrons. The van der Waals surface area contributed by atoms with Crippen LogP contribution in [0.2, 0.25) is 0 Å². The van der Waals surface area contributed by atoms with Crippen molar-refractivity contribution in [3.05, 3.63) is 23.8 Å². The van der Waals surface area contributed by atoms with Crippen molar-refractivity contribution in [1.82, 2.24) is 0 Å². The number of sulfonamides is 1. The van der Waals surface area contributed by atoms with Gasteiger partial charge in [-0.1, -0.05) is 0 Å². The standard InChI is InChI=1S/C13H20N2O2S/c1-9-8-12(14-10(2)11-4-5-11)6-7-13(9)15-18(3,16)17/h6-8,10-11,14-15H,4-5H2,1-3H3. The molecule has 0 amide bonds. The second-order valence-corrected chi connectivity index (χ2v) is 6.92. The first-order valence-electron chi connectivity index (χ1n) is 6.20. The maximum atomic E-state index is 11.2. The van der Waals surface area contributed by atoms with Gasteiger partial charge in [-0.15, -0.1) is 0 Å². The van der Waals surface area contributed by atoms with E-state index in [2.05, 4.69) is 17.0 Å². The lowest BCUT2D eigenvalue weighted by atomic mass is 10.1. The highest BCUT2D eigenvalue weighted by Gasteiger charge is 2.27. The maximum Gasteiger partial charge on any atom is 0.229 e. The average molecular weight is 268 g/mol. The molecule has 1 unspecified atom stereocenters. The molecule has 2 rings (SSSR count). The summed E-state index contributed by atoms with van der Waals surface area (Å²) < 4.78 is 24.9. The SMILES string of the molecule is Cc1cc(NC(C)C2CC2)ccc1NS(C)(=O)=O. The second kappa shape index (κ2) is 4.80. The smallest absolute Gasteiger partial charge is 0.229 e. The Morgan fingerprint density at radius 3 is 2.50 bits per heavy atom. The number of rotatable bonds is 5. The van der Waals surface area contributed by atoms with E-state index in [0.29, 0.717) is 11.7 Å². The molecule has 5 heteroatoms. The fourth-order valence-electron chi connectivity index (χ4n) is 2.04. The Kier molecular flexibility index (Phi) is 3.52. The number of hydrogen-bond donors (Lipinski definition) is 2. The summed E-state index contributed by atoms with van der Waals surface area (Å²) in [5.74, 6) is 0.791. The van der Waals surface area contributed by atoms with Crippen LogP contribution >= 0.6 is 0 Å². The molecule has 2 N–H and O–H groups in total. The highest BCUT2D eigenvalue weighted by atomic mass is 32.2. The van der Waals surface area contributed by atoms with Gasteiger partial charge in [-0.05, 0) is 56.4 Å². The first kappa shape index (κ1) is 13.2. The molecule has 0 saturated heterocycles. The van der Waals surface area contributed by atoms with E-state index < -0.39 is 10.0 Å². The summed E-state index contributed by atoms with van der Waals surface area (Å²) in [6, 6.07) is 6.18. The van der Waals surface area contributed by atoms with Gasteiger partial charge >= 0.3 is 0 Å². The number of nitrogens with one attached hydrogen (secondary N) is 2. The number of hydrogen-bond acceptors (Lipinski definition) is 3. The van der Waals surface area contributed by atoms with E-state index in [1.54, 1.807) is 6.07 Å². The van der Waals surface area contributed by atoms with Crippen LogP contribution in [-0.4, -0.2) is 20.7 Å². The molecule has 0 aromatic heterocycles. The fraction of sp³-hybridized carbons (Fsp3) is 0.538. The lowest BCUT2D eigenvalue weighted by molar-refractivity contribution is 0.607. The summed E-state index contributed by atoms with van der Waals surface area (Å²) in [5, 5.41) is 3.46. The maximum absolute atomic E-state index is 11.2. The number of anilines is 2. The van der Waals surface area contributed by atoms with Crippen LogP contribution < -0.4 is 10.0 Å². The highest BCUT2D eigenvalue weighted by Crippen LogP contribution is 2.34. The van der Waals surface area contributed by atoms with E-state index >= 15 is 0 Å². The fourth-order valence-corrected chi connectivity index (χ4v) is 2.67.